The third-order valence-corrected chi connectivity index (χ3v) is 2.58. The molecule has 0 amide bonds. The maximum Gasteiger partial charge on any atom is 0.190 e. The maximum atomic E-state index is 8.75. The lowest BCUT2D eigenvalue weighted by Gasteiger charge is -2.07. The van der Waals surface area contributed by atoms with Crippen molar-refractivity contribution >= 4 is 5.84 Å². The van der Waals surface area contributed by atoms with E-state index in [0.29, 0.717) is 17.3 Å². The molecule has 18 heavy (non-hydrogen) atoms. The zero-order chi connectivity index (χ0) is 13.1. The Labute approximate surface area is 105 Å². The summed E-state index contributed by atoms with van der Waals surface area (Å²) in [6, 6.07) is 5.53. The molecule has 0 saturated carbocycles. The number of rotatable bonds is 3. The van der Waals surface area contributed by atoms with Crippen molar-refractivity contribution in [2.45, 2.75) is 19.8 Å². The second kappa shape index (κ2) is 4.87. The van der Waals surface area contributed by atoms with Gasteiger partial charge in [0, 0.05) is 12.4 Å². The van der Waals surface area contributed by atoms with Gasteiger partial charge in [0.25, 0.3) is 0 Å². The van der Waals surface area contributed by atoms with Crippen LogP contribution < -0.4 is 5.73 Å². The van der Waals surface area contributed by atoms with Crippen LogP contribution in [-0.4, -0.2) is 25.8 Å². The minimum Gasteiger partial charge on any atom is -0.409 e. The summed E-state index contributed by atoms with van der Waals surface area (Å²) in [5.74, 6) is 0.308. The number of nitrogens with two attached hydrogens (primary N) is 1. The van der Waals surface area contributed by atoms with E-state index >= 15 is 0 Å². The number of aromatic nitrogens is 3. The highest BCUT2D eigenvalue weighted by Gasteiger charge is 2.12. The van der Waals surface area contributed by atoms with Crippen LogP contribution in [0.3, 0.4) is 0 Å². The molecule has 0 aliphatic carbocycles. The Bertz CT molecular complexity index is 573. The molecule has 2 aromatic rings. The highest BCUT2D eigenvalue weighted by atomic mass is 16.4. The molecule has 0 fully saturated rings. The highest BCUT2D eigenvalue weighted by molar-refractivity contribution is 5.98. The Balaban J connectivity index is 2.50. The predicted octanol–water partition coefficient (Wildman–Crippen LogP) is 1.49. The van der Waals surface area contributed by atoms with Crippen molar-refractivity contribution in [2.75, 3.05) is 0 Å². The fourth-order valence-corrected chi connectivity index (χ4v) is 1.61. The zero-order valence-electron chi connectivity index (χ0n) is 10.3. The van der Waals surface area contributed by atoms with Crippen LogP contribution in [0, 0.1) is 0 Å². The molecule has 0 radical (unpaired) electrons. The van der Waals surface area contributed by atoms with E-state index < -0.39 is 0 Å². The molecule has 0 atom stereocenters. The van der Waals surface area contributed by atoms with Crippen LogP contribution in [0.5, 0.6) is 0 Å². The molecule has 0 aromatic carbocycles. The Hall–Kier alpha value is -2.37. The summed E-state index contributed by atoms with van der Waals surface area (Å²) in [6.45, 7) is 4.14. The highest BCUT2D eigenvalue weighted by Crippen LogP contribution is 2.15. The van der Waals surface area contributed by atoms with Gasteiger partial charge in [-0.2, -0.15) is 5.10 Å². The van der Waals surface area contributed by atoms with Crippen LogP contribution in [0.25, 0.3) is 5.69 Å². The minimum absolute atomic E-state index is 0.0350. The summed E-state index contributed by atoms with van der Waals surface area (Å²) in [5, 5.41) is 16.2. The Kier molecular flexibility index (Phi) is 3.27. The lowest BCUT2D eigenvalue weighted by Crippen LogP contribution is -2.18. The minimum atomic E-state index is -0.0350. The normalized spacial score (nSPS) is 12.1. The van der Waals surface area contributed by atoms with Gasteiger partial charge in [-0.05, 0) is 24.1 Å². The Morgan fingerprint density at radius 1 is 1.44 bits per heavy atom. The number of hydrogen-bond donors (Lipinski definition) is 2. The molecule has 6 heteroatoms. The van der Waals surface area contributed by atoms with Gasteiger partial charge in [-0.15, -0.1) is 0 Å². The van der Waals surface area contributed by atoms with Crippen LogP contribution in [0.2, 0.25) is 0 Å². The Morgan fingerprint density at radius 2 is 2.22 bits per heavy atom. The standard InChI is InChI=1S/C12H15N5O/c1-8(2)9-5-7-17(15-9)10-4-3-6-14-11(10)12(13)16-18/h3-8,18H,1-2H3,(H2,13,16). The summed E-state index contributed by atoms with van der Waals surface area (Å²) in [7, 11) is 0. The summed E-state index contributed by atoms with van der Waals surface area (Å²) in [6.07, 6.45) is 3.42. The number of hydrogen-bond acceptors (Lipinski definition) is 4. The topological polar surface area (TPSA) is 89.3 Å². The van der Waals surface area contributed by atoms with Crippen molar-refractivity contribution in [1.82, 2.24) is 14.8 Å². The molecule has 2 rings (SSSR count). The molecule has 0 aliphatic rings. The summed E-state index contributed by atoms with van der Waals surface area (Å²) < 4.78 is 1.68. The fraction of sp³-hybridized carbons (Fsp3) is 0.250. The molecule has 0 bridgehead atoms. The van der Waals surface area contributed by atoms with Gasteiger partial charge in [-0.3, -0.25) is 4.98 Å². The van der Waals surface area contributed by atoms with Gasteiger partial charge in [0.05, 0.1) is 11.4 Å². The van der Waals surface area contributed by atoms with E-state index in [-0.39, 0.29) is 5.84 Å². The molecule has 0 unspecified atom stereocenters. The van der Waals surface area contributed by atoms with Crippen LogP contribution in [-0.2, 0) is 0 Å². The summed E-state index contributed by atoms with van der Waals surface area (Å²) in [5.41, 5.74) is 7.65. The van der Waals surface area contributed by atoms with E-state index in [1.807, 2.05) is 18.3 Å². The first-order valence-electron chi connectivity index (χ1n) is 5.62. The van der Waals surface area contributed by atoms with Crippen molar-refractivity contribution in [1.29, 1.82) is 0 Å². The van der Waals surface area contributed by atoms with E-state index in [1.165, 1.54) is 0 Å². The third-order valence-electron chi connectivity index (χ3n) is 2.58. The first kappa shape index (κ1) is 12.1. The number of nitrogens with zero attached hydrogens (tertiary/aromatic N) is 4. The zero-order valence-corrected chi connectivity index (χ0v) is 10.3. The van der Waals surface area contributed by atoms with Crippen LogP contribution >= 0.6 is 0 Å². The van der Waals surface area contributed by atoms with Crippen LogP contribution in [0.15, 0.2) is 35.7 Å². The molecule has 3 N–H and O–H groups in total. The molecule has 0 spiro atoms. The summed E-state index contributed by atoms with van der Waals surface area (Å²) in [4.78, 5) is 4.10. The lowest BCUT2D eigenvalue weighted by atomic mass is 10.1. The Morgan fingerprint density at radius 3 is 2.83 bits per heavy atom. The van der Waals surface area contributed by atoms with Crippen LogP contribution in [0.1, 0.15) is 31.2 Å². The van der Waals surface area contributed by atoms with E-state index in [1.54, 1.807) is 16.9 Å². The molecule has 0 aliphatic heterocycles. The number of amidine groups is 1. The van der Waals surface area contributed by atoms with E-state index in [2.05, 4.69) is 29.1 Å². The molecular formula is C12H15N5O. The van der Waals surface area contributed by atoms with Crippen molar-refractivity contribution in [2.24, 2.45) is 10.9 Å². The molecule has 2 aromatic heterocycles. The smallest absolute Gasteiger partial charge is 0.190 e. The first-order chi connectivity index (χ1) is 8.63. The van der Waals surface area contributed by atoms with Gasteiger partial charge in [0.1, 0.15) is 5.69 Å². The molecule has 94 valence electrons. The van der Waals surface area contributed by atoms with Gasteiger partial charge in [0.15, 0.2) is 5.84 Å². The average Bonchev–Trinajstić information content (AvgIpc) is 2.87. The molecular weight excluding hydrogens is 230 g/mol. The first-order valence-corrected chi connectivity index (χ1v) is 5.62. The van der Waals surface area contributed by atoms with Crippen LogP contribution in [0.4, 0.5) is 0 Å². The van der Waals surface area contributed by atoms with Gasteiger partial charge >= 0.3 is 0 Å². The van der Waals surface area contributed by atoms with E-state index in [9.17, 15) is 0 Å². The van der Waals surface area contributed by atoms with Gasteiger partial charge in [0.2, 0.25) is 0 Å². The van der Waals surface area contributed by atoms with Crippen molar-refractivity contribution in [3.8, 4) is 5.69 Å². The van der Waals surface area contributed by atoms with Gasteiger partial charge < -0.3 is 10.9 Å². The number of pyridine rings is 1. The van der Waals surface area contributed by atoms with Crippen molar-refractivity contribution in [3.63, 3.8) is 0 Å². The van der Waals surface area contributed by atoms with E-state index in [0.717, 1.165) is 5.69 Å². The lowest BCUT2D eigenvalue weighted by molar-refractivity contribution is 0.318. The maximum absolute atomic E-state index is 8.75. The molecule has 6 nitrogen and oxygen atoms in total. The van der Waals surface area contributed by atoms with Gasteiger partial charge in [-0.25, -0.2) is 4.68 Å². The predicted molar refractivity (Wildman–Crippen MR) is 68.0 cm³/mol. The fourth-order valence-electron chi connectivity index (χ4n) is 1.61. The van der Waals surface area contributed by atoms with E-state index in [4.69, 9.17) is 10.9 Å². The SMILES string of the molecule is CC(C)c1ccn(-c2cccnc2/C(N)=N/O)n1. The second-order valence-corrected chi connectivity index (χ2v) is 4.20. The van der Waals surface area contributed by atoms with Gasteiger partial charge in [-0.1, -0.05) is 19.0 Å². The average molecular weight is 245 g/mol. The van der Waals surface area contributed by atoms with Crippen molar-refractivity contribution < 1.29 is 5.21 Å². The number of oxime groups is 1. The molecule has 0 saturated heterocycles. The third kappa shape index (κ3) is 2.17. The quantitative estimate of drug-likeness (QED) is 0.371. The summed E-state index contributed by atoms with van der Waals surface area (Å²) >= 11 is 0. The monoisotopic (exact) mass is 245 g/mol. The van der Waals surface area contributed by atoms with Crippen molar-refractivity contribution in [3.05, 3.63) is 42.0 Å². The second-order valence-electron chi connectivity index (χ2n) is 4.20. The largest absolute Gasteiger partial charge is 0.409 e. The molecule has 2 heterocycles.